The molecule has 0 aliphatic heterocycles. The summed E-state index contributed by atoms with van der Waals surface area (Å²) in [6.07, 6.45) is 0. The smallest absolute Gasteiger partial charge is 0.337 e. The summed E-state index contributed by atoms with van der Waals surface area (Å²) >= 11 is 1.13. The first-order valence-electron chi connectivity index (χ1n) is 8.89. The number of aromatic carboxylic acids is 1. The van der Waals surface area contributed by atoms with E-state index in [2.05, 4.69) is 15.3 Å². The molecule has 0 fully saturated rings. The van der Waals surface area contributed by atoms with Crippen molar-refractivity contribution >= 4 is 34.8 Å². The fourth-order valence-corrected chi connectivity index (χ4v) is 3.72. The van der Waals surface area contributed by atoms with Gasteiger partial charge >= 0.3 is 5.97 Å². The molecule has 0 aliphatic carbocycles. The zero-order valence-corrected chi connectivity index (χ0v) is 17.0. The number of anilines is 2. The maximum atomic E-state index is 15.3. The number of methoxy groups -OCH3 is 1. The molecule has 0 amide bonds. The lowest BCUT2D eigenvalue weighted by atomic mass is 10.1. The van der Waals surface area contributed by atoms with Gasteiger partial charge in [0.25, 0.3) is 0 Å². The molecule has 0 unspecified atom stereocenters. The monoisotopic (exact) mass is 443 g/mol. The molecule has 31 heavy (non-hydrogen) atoms. The van der Waals surface area contributed by atoms with E-state index in [-0.39, 0.29) is 16.3 Å². The van der Waals surface area contributed by atoms with Gasteiger partial charge in [-0.25, -0.2) is 13.6 Å². The molecular weight excluding hydrogens is 426 g/mol. The standard InChI is InChI=1S/C21H16F2N4O3S/c1-30-13-8-6-12(7-9-13)11-31-17-10-14(21(28)29)19(18(23)20(17)26-27-24)25-16-5-3-2-4-15(16)22/h2-10,24-25H,11H2,1H3/p+1. The van der Waals surface area contributed by atoms with Crippen LogP contribution in [-0.4, -0.2) is 18.2 Å². The molecule has 0 atom stereocenters. The molecule has 0 aromatic heterocycles. The number of rotatable bonds is 8. The van der Waals surface area contributed by atoms with Crippen molar-refractivity contribution in [1.29, 1.82) is 5.53 Å². The van der Waals surface area contributed by atoms with Gasteiger partial charge in [-0.1, -0.05) is 24.3 Å². The maximum Gasteiger partial charge on any atom is 0.337 e. The van der Waals surface area contributed by atoms with Crippen molar-refractivity contribution in [3.05, 3.63) is 77.4 Å². The summed E-state index contributed by atoms with van der Waals surface area (Å²) in [5.41, 5.74) is 6.62. The van der Waals surface area contributed by atoms with E-state index in [4.69, 9.17) is 10.3 Å². The third-order valence-corrected chi connectivity index (χ3v) is 5.37. The van der Waals surface area contributed by atoms with Gasteiger partial charge in [0.2, 0.25) is 10.6 Å². The van der Waals surface area contributed by atoms with Gasteiger partial charge in [0.05, 0.1) is 24.0 Å². The van der Waals surface area contributed by atoms with Crippen molar-refractivity contribution in [3.8, 4) is 5.75 Å². The second-order valence-electron chi connectivity index (χ2n) is 6.21. The normalized spacial score (nSPS) is 10.3. The van der Waals surface area contributed by atoms with E-state index >= 15 is 4.39 Å². The number of halogens is 2. The minimum atomic E-state index is -1.40. The third-order valence-electron chi connectivity index (χ3n) is 4.27. The van der Waals surface area contributed by atoms with Gasteiger partial charge in [0.1, 0.15) is 17.1 Å². The van der Waals surface area contributed by atoms with Crippen LogP contribution in [0.2, 0.25) is 0 Å². The Kier molecular flexibility index (Phi) is 6.96. The van der Waals surface area contributed by atoms with Gasteiger partial charge in [-0.3, -0.25) is 0 Å². The Hall–Kier alpha value is -3.75. The molecule has 0 radical (unpaired) electrons. The van der Waals surface area contributed by atoms with Crippen LogP contribution in [0.15, 0.2) is 64.6 Å². The minimum absolute atomic E-state index is 0.101. The molecule has 0 aliphatic rings. The summed E-state index contributed by atoms with van der Waals surface area (Å²) in [7, 11) is 1.55. The molecule has 3 aromatic rings. The molecule has 158 valence electrons. The fourth-order valence-electron chi connectivity index (χ4n) is 2.74. The molecule has 0 bridgehead atoms. The van der Waals surface area contributed by atoms with Crippen molar-refractivity contribution in [2.75, 3.05) is 12.4 Å². The van der Waals surface area contributed by atoms with Crippen molar-refractivity contribution < 1.29 is 23.4 Å². The van der Waals surface area contributed by atoms with E-state index in [1.807, 2.05) is 12.1 Å². The average molecular weight is 443 g/mol. The number of para-hydroxylation sites is 1. The summed E-state index contributed by atoms with van der Waals surface area (Å²) in [6, 6.07) is 13.9. The van der Waals surface area contributed by atoms with E-state index in [9.17, 15) is 14.3 Å². The summed E-state index contributed by atoms with van der Waals surface area (Å²) in [4.78, 5) is 14.9. The Morgan fingerprint density at radius 2 is 1.94 bits per heavy atom. The number of hydrogen-bond donors (Lipinski definition) is 3. The molecule has 0 saturated carbocycles. The Labute approximate surface area is 180 Å². The fraction of sp³-hybridized carbons (Fsp3) is 0.0952. The van der Waals surface area contributed by atoms with E-state index < -0.39 is 28.9 Å². The van der Waals surface area contributed by atoms with Gasteiger partial charge < -0.3 is 15.2 Å². The Morgan fingerprint density at radius 1 is 1.23 bits per heavy atom. The molecule has 0 heterocycles. The van der Waals surface area contributed by atoms with E-state index in [0.29, 0.717) is 11.5 Å². The Bertz CT molecular complexity index is 1170. The Balaban J connectivity index is 2.02. The highest BCUT2D eigenvalue weighted by Crippen LogP contribution is 2.40. The highest BCUT2D eigenvalue weighted by atomic mass is 32.2. The third kappa shape index (κ3) is 5.06. The van der Waals surface area contributed by atoms with Crippen molar-refractivity contribution in [2.45, 2.75) is 10.6 Å². The van der Waals surface area contributed by atoms with Gasteiger partial charge in [-0.05, 0) is 35.9 Å². The largest absolute Gasteiger partial charge is 0.497 e. The van der Waals surface area contributed by atoms with Gasteiger partial charge in [-0.15, -0.1) is 11.8 Å². The predicted octanol–water partition coefficient (Wildman–Crippen LogP) is 5.89. The van der Waals surface area contributed by atoms with Crippen LogP contribution in [0.5, 0.6) is 5.75 Å². The molecule has 7 nitrogen and oxygen atoms in total. The number of benzene rings is 3. The number of nitrogens with one attached hydrogen (secondary N) is 2. The van der Waals surface area contributed by atoms with Crippen LogP contribution >= 0.6 is 11.8 Å². The van der Waals surface area contributed by atoms with Crippen LogP contribution in [0.4, 0.5) is 25.8 Å². The lowest BCUT2D eigenvalue weighted by Crippen LogP contribution is -2.07. The highest BCUT2D eigenvalue weighted by Gasteiger charge is 2.25. The summed E-state index contributed by atoms with van der Waals surface area (Å²) in [5, 5.41) is 15.6. The first kappa shape index (κ1) is 21.9. The van der Waals surface area contributed by atoms with Gasteiger partial charge in [-0.2, -0.15) is 0 Å². The molecular formula is C21H17F2N4O3S+. The highest BCUT2D eigenvalue weighted by molar-refractivity contribution is 7.98. The summed E-state index contributed by atoms with van der Waals surface area (Å²) < 4.78 is 34.4. The first-order chi connectivity index (χ1) is 14.9. The first-order valence-corrected chi connectivity index (χ1v) is 9.87. The Morgan fingerprint density at radius 3 is 2.55 bits per heavy atom. The topological polar surface area (TPSA) is 109 Å². The SMILES string of the molecule is COc1ccc(CSc2cc(C(=O)O)c(Nc3ccccc3F)c(F)c2N=[N+]=N)cc1. The number of nitrogens with zero attached hydrogens (tertiary/aromatic N) is 2. The van der Waals surface area contributed by atoms with Crippen molar-refractivity contribution in [1.82, 2.24) is 4.91 Å². The number of carboxylic acids is 1. The molecule has 0 spiro atoms. The van der Waals surface area contributed by atoms with E-state index in [0.717, 1.165) is 23.4 Å². The van der Waals surface area contributed by atoms with E-state index in [1.165, 1.54) is 24.3 Å². The van der Waals surface area contributed by atoms with Crippen LogP contribution in [0.1, 0.15) is 15.9 Å². The lowest BCUT2D eigenvalue weighted by molar-refractivity contribution is 0.0697. The average Bonchev–Trinajstić information content (AvgIpc) is 2.77. The molecule has 10 heteroatoms. The zero-order valence-electron chi connectivity index (χ0n) is 16.2. The number of ether oxygens (including phenoxy) is 1. The summed E-state index contributed by atoms with van der Waals surface area (Å²) in [6.45, 7) is 0. The zero-order chi connectivity index (χ0) is 22.4. The van der Waals surface area contributed by atoms with Crippen LogP contribution < -0.4 is 15.0 Å². The van der Waals surface area contributed by atoms with Crippen molar-refractivity contribution in [3.63, 3.8) is 0 Å². The van der Waals surface area contributed by atoms with Crippen LogP contribution in [0, 0.1) is 17.2 Å². The number of hydrogen-bond acceptors (Lipinski definition) is 6. The van der Waals surface area contributed by atoms with Crippen LogP contribution in [0.25, 0.3) is 0 Å². The number of carboxylic acid groups (broad SMARTS) is 1. The predicted molar refractivity (Wildman–Crippen MR) is 113 cm³/mol. The minimum Gasteiger partial charge on any atom is -0.497 e. The van der Waals surface area contributed by atoms with E-state index in [1.54, 1.807) is 19.2 Å². The van der Waals surface area contributed by atoms with Gasteiger partial charge in [0.15, 0.2) is 10.9 Å². The number of thioether (sulfide) groups is 1. The number of carbonyl (C=O) groups is 1. The second kappa shape index (κ2) is 9.84. The maximum absolute atomic E-state index is 15.3. The van der Waals surface area contributed by atoms with Crippen LogP contribution in [0.3, 0.4) is 0 Å². The summed E-state index contributed by atoms with van der Waals surface area (Å²) in [5.74, 6) is -2.07. The van der Waals surface area contributed by atoms with Crippen molar-refractivity contribution in [2.24, 2.45) is 5.11 Å². The quantitative estimate of drug-likeness (QED) is 0.228. The molecule has 3 rings (SSSR count). The van der Waals surface area contributed by atoms with Crippen LogP contribution in [-0.2, 0) is 5.75 Å². The van der Waals surface area contributed by atoms with Gasteiger partial charge in [0, 0.05) is 10.6 Å². The molecule has 3 N–H and O–H groups in total. The lowest BCUT2D eigenvalue weighted by Gasteiger charge is -2.14. The molecule has 0 saturated heterocycles. The second-order valence-corrected chi connectivity index (χ2v) is 7.22. The molecule has 3 aromatic carbocycles.